The molecule has 1 saturated carbocycles. The third-order valence-electron chi connectivity index (χ3n) is 4.87. The van der Waals surface area contributed by atoms with E-state index in [0.717, 1.165) is 25.0 Å². The molecular weight excluding hydrogens is 295 g/mol. The molecule has 2 atom stereocenters. The minimum Gasteiger partial charge on any atom is -0.374 e. The molecule has 5 heteroatoms. The maximum absolute atomic E-state index is 13.5. The number of pyridine rings is 1. The van der Waals surface area contributed by atoms with Crippen molar-refractivity contribution in [3.63, 3.8) is 0 Å². The molecule has 1 saturated heterocycles. The van der Waals surface area contributed by atoms with Crippen molar-refractivity contribution >= 4 is 16.8 Å². The van der Waals surface area contributed by atoms with Gasteiger partial charge in [-0.3, -0.25) is 9.78 Å². The van der Waals surface area contributed by atoms with E-state index in [2.05, 4.69) is 4.98 Å². The van der Waals surface area contributed by atoms with Crippen LogP contribution in [0.5, 0.6) is 0 Å². The molecule has 0 bridgehead atoms. The van der Waals surface area contributed by atoms with Gasteiger partial charge in [-0.15, -0.1) is 0 Å². The van der Waals surface area contributed by atoms with E-state index in [0.29, 0.717) is 29.6 Å². The first-order valence-corrected chi connectivity index (χ1v) is 8.13. The SMILES string of the molecule is Cc1cc(C(=O)N2CCO[C@@H]3CCC[C@H]32)c2ccc(F)cc2n1. The maximum Gasteiger partial charge on any atom is 0.255 e. The third kappa shape index (κ3) is 2.49. The quantitative estimate of drug-likeness (QED) is 0.812. The second kappa shape index (κ2) is 5.57. The number of hydrogen-bond acceptors (Lipinski definition) is 3. The number of fused-ring (bicyclic) bond motifs is 2. The fourth-order valence-corrected chi connectivity index (χ4v) is 3.84. The lowest BCUT2D eigenvalue weighted by Crippen LogP contribution is -2.51. The fraction of sp³-hybridized carbons (Fsp3) is 0.444. The number of nitrogens with zero attached hydrogens (tertiary/aromatic N) is 2. The fourth-order valence-electron chi connectivity index (χ4n) is 3.84. The average molecular weight is 314 g/mol. The number of morpholine rings is 1. The molecule has 120 valence electrons. The van der Waals surface area contributed by atoms with Crippen molar-refractivity contribution in [2.24, 2.45) is 0 Å². The van der Waals surface area contributed by atoms with Gasteiger partial charge in [0.05, 0.1) is 29.8 Å². The Morgan fingerprint density at radius 2 is 2.22 bits per heavy atom. The molecule has 1 aromatic carbocycles. The number of ether oxygens (including phenoxy) is 1. The number of aryl methyl sites for hydroxylation is 1. The number of carbonyl (C=O) groups excluding carboxylic acids is 1. The Bertz CT molecular complexity index is 772. The van der Waals surface area contributed by atoms with Gasteiger partial charge in [-0.2, -0.15) is 0 Å². The molecule has 0 unspecified atom stereocenters. The number of benzene rings is 1. The van der Waals surface area contributed by atoms with Crippen LogP contribution in [0.25, 0.3) is 10.9 Å². The largest absolute Gasteiger partial charge is 0.374 e. The third-order valence-corrected chi connectivity index (χ3v) is 4.87. The zero-order valence-electron chi connectivity index (χ0n) is 13.1. The molecule has 2 aliphatic rings. The Kier molecular flexibility index (Phi) is 3.53. The van der Waals surface area contributed by atoms with Crippen LogP contribution < -0.4 is 0 Å². The standard InChI is InChI=1S/C18H19FN2O2/c1-11-9-14(13-6-5-12(19)10-15(13)20-11)18(22)21-7-8-23-17-4-2-3-16(17)21/h5-6,9-10,16-17H,2-4,7-8H2,1H3/t16-,17-/m1/s1. The molecule has 1 aliphatic heterocycles. The van der Waals surface area contributed by atoms with Gasteiger partial charge in [-0.25, -0.2) is 4.39 Å². The Morgan fingerprint density at radius 1 is 1.35 bits per heavy atom. The summed E-state index contributed by atoms with van der Waals surface area (Å²) in [7, 11) is 0. The van der Waals surface area contributed by atoms with E-state index in [1.54, 1.807) is 6.07 Å². The van der Waals surface area contributed by atoms with Gasteiger partial charge in [0.1, 0.15) is 5.82 Å². The van der Waals surface area contributed by atoms with Crippen LogP contribution in [0.1, 0.15) is 35.3 Å². The van der Waals surface area contributed by atoms with Crippen LogP contribution in [0, 0.1) is 12.7 Å². The van der Waals surface area contributed by atoms with E-state index in [4.69, 9.17) is 4.74 Å². The minimum absolute atomic E-state index is 0.00677. The molecule has 1 aliphatic carbocycles. The van der Waals surface area contributed by atoms with Crippen LogP contribution in [0.15, 0.2) is 24.3 Å². The molecule has 2 fully saturated rings. The second-order valence-electron chi connectivity index (χ2n) is 6.38. The lowest BCUT2D eigenvalue weighted by molar-refractivity contribution is -0.0444. The molecule has 4 nitrogen and oxygen atoms in total. The van der Waals surface area contributed by atoms with Gasteiger partial charge in [0.15, 0.2) is 0 Å². The zero-order chi connectivity index (χ0) is 16.0. The topological polar surface area (TPSA) is 42.4 Å². The number of aromatic nitrogens is 1. The summed E-state index contributed by atoms with van der Waals surface area (Å²) in [5.41, 5.74) is 1.87. The van der Waals surface area contributed by atoms with E-state index < -0.39 is 0 Å². The van der Waals surface area contributed by atoms with Gasteiger partial charge >= 0.3 is 0 Å². The van der Waals surface area contributed by atoms with Gasteiger partial charge < -0.3 is 9.64 Å². The van der Waals surface area contributed by atoms with Crippen molar-refractivity contribution in [2.75, 3.05) is 13.2 Å². The van der Waals surface area contributed by atoms with Crippen molar-refractivity contribution < 1.29 is 13.9 Å². The van der Waals surface area contributed by atoms with Crippen LogP contribution in [-0.2, 0) is 4.74 Å². The molecular formula is C18H19FN2O2. The summed E-state index contributed by atoms with van der Waals surface area (Å²) in [5, 5.41) is 0.711. The van der Waals surface area contributed by atoms with Gasteiger partial charge in [-0.05, 0) is 44.4 Å². The van der Waals surface area contributed by atoms with Crippen LogP contribution in [0.2, 0.25) is 0 Å². The van der Waals surface area contributed by atoms with E-state index in [9.17, 15) is 9.18 Å². The summed E-state index contributed by atoms with van der Waals surface area (Å²) in [5.74, 6) is -0.330. The highest BCUT2D eigenvalue weighted by molar-refractivity contribution is 6.06. The lowest BCUT2D eigenvalue weighted by Gasteiger charge is -2.38. The minimum atomic E-state index is -0.337. The van der Waals surface area contributed by atoms with Crippen LogP contribution >= 0.6 is 0 Å². The van der Waals surface area contributed by atoms with Crippen LogP contribution in [-0.4, -0.2) is 41.1 Å². The molecule has 1 aromatic heterocycles. The Morgan fingerprint density at radius 3 is 3.09 bits per heavy atom. The first-order valence-electron chi connectivity index (χ1n) is 8.13. The molecule has 2 aromatic rings. The highest BCUT2D eigenvalue weighted by Crippen LogP contribution is 2.31. The molecule has 4 rings (SSSR count). The average Bonchev–Trinajstić information content (AvgIpc) is 3.01. The zero-order valence-corrected chi connectivity index (χ0v) is 13.1. The van der Waals surface area contributed by atoms with Crippen molar-refractivity contribution in [3.05, 3.63) is 41.3 Å². The summed E-state index contributed by atoms with van der Waals surface area (Å²) in [6.45, 7) is 3.03. The number of hydrogen-bond donors (Lipinski definition) is 0. The summed E-state index contributed by atoms with van der Waals surface area (Å²) in [6.07, 6.45) is 3.28. The predicted octanol–water partition coefficient (Wildman–Crippen LogP) is 3.08. The van der Waals surface area contributed by atoms with Crippen molar-refractivity contribution in [1.29, 1.82) is 0 Å². The highest BCUT2D eigenvalue weighted by Gasteiger charge is 2.39. The number of carbonyl (C=O) groups is 1. The Labute approximate surface area is 134 Å². The molecule has 2 heterocycles. The van der Waals surface area contributed by atoms with E-state index >= 15 is 0 Å². The monoisotopic (exact) mass is 314 g/mol. The van der Waals surface area contributed by atoms with Crippen molar-refractivity contribution in [1.82, 2.24) is 9.88 Å². The number of amides is 1. The first-order chi connectivity index (χ1) is 11.1. The second-order valence-corrected chi connectivity index (χ2v) is 6.38. The van der Waals surface area contributed by atoms with Crippen LogP contribution in [0.3, 0.4) is 0 Å². The molecule has 0 spiro atoms. The molecule has 0 radical (unpaired) electrons. The van der Waals surface area contributed by atoms with E-state index in [-0.39, 0.29) is 23.9 Å². The summed E-state index contributed by atoms with van der Waals surface area (Å²) in [6, 6.07) is 6.39. The molecule has 0 N–H and O–H groups in total. The van der Waals surface area contributed by atoms with Crippen LogP contribution in [0.4, 0.5) is 4.39 Å². The predicted molar refractivity (Wildman–Crippen MR) is 84.9 cm³/mol. The van der Waals surface area contributed by atoms with Crippen molar-refractivity contribution in [2.45, 2.75) is 38.3 Å². The number of halogens is 1. The van der Waals surface area contributed by atoms with Gasteiger partial charge in [0.25, 0.3) is 5.91 Å². The van der Waals surface area contributed by atoms with Gasteiger partial charge in [0.2, 0.25) is 0 Å². The maximum atomic E-state index is 13.5. The van der Waals surface area contributed by atoms with Gasteiger partial charge in [-0.1, -0.05) is 0 Å². The summed E-state index contributed by atoms with van der Waals surface area (Å²) < 4.78 is 19.3. The lowest BCUT2D eigenvalue weighted by atomic mass is 10.0. The highest BCUT2D eigenvalue weighted by atomic mass is 19.1. The van der Waals surface area contributed by atoms with E-state index in [1.165, 1.54) is 12.1 Å². The Balaban J connectivity index is 1.77. The smallest absolute Gasteiger partial charge is 0.255 e. The summed E-state index contributed by atoms with van der Waals surface area (Å²) in [4.78, 5) is 19.4. The Hall–Kier alpha value is -2.01. The molecule has 23 heavy (non-hydrogen) atoms. The summed E-state index contributed by atoms with van der Waals surface area (Å²) >= 11 is 0. The first kappa shape index (κ1) is 14.6. The van der Waals surface area contributed by atoms with Gasteiger partial charge in [0, 0.05) is 23.7 Å². The van der Waals surface area contributed by atoms with E-state index in [1.807, 2.05) is 17.9 Å². The molecule has 1 amide bonds. The number of rotatable bonds is 1. The normalized spacial score (nSPS) is 24.0. The van der Waals surface area contributed by atoms with Crippen molar-refractivity contribution in [3.8, 4) is 0 Å².